The van der Waals surface area contributed by atoms with Crippen LogP contribution in [0.4, 0.5) is 0 Å². The number of hydrogen-bond donors (Lipinski definition) is 5. The molecule has 0 aromatic heterocycles. The summed E-state index contributed by atoms with van der Waals surface area (Å²) in [5, 5.41) is 49.3. The van der Waals surface area contributed by atoms with Gasteiger partial charge in [0.25, 0.3) is 0 Å². The molecule has 3 aliphatic rings. The van der Waals surface area contributed by atoms with Gasteiger partial charge in [-0.1, -0.05) is 19.1 Å². The number of benzene rings is 4. The number of aryl methyl sites for hydroxylation is 1. The molecule has 0 saturated heterocycles. The van der Waals surface area contributed by atoms with E-state index in [2.05, 4.69) is 5.32 Å². The quantitative estimate of drug-likeness (QED) is 0.0821. The summed E-state index contributed by atoms with van der Waals surface area (Å²) in [6.45, 7) is 3.27. The third-order valence-electron chi connectivity index (χ3n) is 11.6. The number of nitrogens with one attached hydrogen (secondary N) is 1. The molecule has 1 aliphatic carbocycles. The summed E-state index contributed by atoms with van der Waals surface area (Å²) >= 11 is 0. The van der Waals surface area contributed by atoms with Crippen LogP contribution in [0.3, 0.4) is 0 Å². The average molecular weight is 754 g/mol. The zero-order chi connectivity index (χ0) is 38.6. The van der Waals surface area contributed by atoms with E-state index in [1.807, 2.05) is 56.4 Å². The molecule has 294 valence electrons. The molecule has 1 saturated carbocycles. The molecule has 10 nitrogen and oxygen atoms in total. The molecule has 0 amide bonds. The first-order chi connectivity index (χ1) is 26.7. The normalized spacial score (nSPS) is 22.0. The Morgan fingerprint density at radius 3 is 2.42 bits per heavy atom. The molecule has 0 unspecified atom stereocenters. The summed E-state index contributed by atoms with van der Waals surface area (Å²) in [4.78, 5) is 0. The van der Waals surface area contributed by atoms with Gasteiger partial charge in [0.15, 0.2) is 0 Å². The van der Waals surface area contributed by atoms with E-state index in [1.54, 1.807) is 32.4 Å². The van der Waals surface area contributed by atoms with Crippen molar-refractivity contribution >= 4 is 0 Å². The van der Waals surface area contributed by atoms with Gasteiger partial charge < -0.3 is 49.4 Å². The lowest BCUT2D eigenvalue weighted by Crippen LogP contribution is -2.46. The van der Waals surface area contributed by atoms with E-state index in [9.17, 15) is 20.4 Å². The van der Waals surface area contributed by atoms with Crippen LogP contribution < -0.4 is 24.3 Å². The number of aromatic hydroxyl groups is 2. The van der Waals surface area contributed by atoms with Crippen LogP contribution >= 0.6 is 0 Å². The highest BCUT2D eigenvalue weighted by Crippen LogP contribution is 2.52. The van der Waals surface area contributed by atoms with Crippen LogP contribution in [0, 0.1) is 11.8 Å². The van der Waals surface area contributed by atoms with Crippen molar-refractivity contribution in [2.24, 2.45) is 11.8 Å². The fraction of sp³-hybridized carbons (Fsp3) is 0.467. The van der Waals surface area contributed by atoms with Crippen LogP contribution in [-0.4, -0.2) is 67.1 Å². The number of phenols is 2. The van der Waals surface area contributed by atoms with Crippen molar-refractivity contribution in [3.63, 3.8) is 0 Å². The van der Waals surface area contributed by atoms with Gasteiger partial charge in [-0.2, -0.15) is 0 Å². The first kappa shape index (κ1) is 38.8. The van der Waals surface area contributed by atoms with Crippen LogP contribution in [0.25, 0.3) is 11.1 Å². The summed E-state index contributed by atoms with van der Waals surface area (Å²) in [7, 11) is 5.16. The monoisotopic (exact) mass is 753 g/mol. The number of ether oxygens (including phenoxy) is 5. The maximum Gasteiger partial charge on any atom is 0.128 e. The molecule has 5 N–H and O–H groups in total. The largest absolute Gasteiger partial charge is 0.508 e. The maximum absolute atomic E-state index is 12.5. The summed E-state index contributed by atoms with van der Waals surface area (Å²) in [6, 6.07) is 18.6. The van der Waals surface area contributed by atoms with Gasteiger partial charge in [-0.25, -0.2) is 0 Å². The standard InChI is InChI=1S/C45H55NO9/c1-5-26-19-34(27-10-8-11-31(47)17-27)28(20-38(26)48)16-29-18-33(54-32-12-6-7-13-32)22-36-43(49)37(25-53-45(29)36)42-39(14-9-15-51-3)55-41-21-30(24-46-2)40(52-4)23-35(41)44(42)50/h8,10-11,17-23,32,37,39,42-44,46-50H,5-7,9,12-16,24-25H2,1-4H3/t37-,39-,42-,43-,44+/m1/s1. The number of aliphatic hydroxyl groups is 2. The average Bonchev–Trinajstić information content (AvgIpc) is 3.69. The third kappa shape index (κ3) is 8.10. The Balaban J connectivity index is 1.29. The van der Waals surface area contributed by atoms with Crippen LogP contribution in [0.5, 0.6) is 34.5 Å². The number of hydrogen-bond acceptors (Lipinski definition) is 10. The molecule has 55 heavy (non-hydrogen) atoms. The number of aliphatic hydroxyl groups excluding tert-OH is 2. The van der Waals surface area contributed by atoms with E-state index in [0.29, 0.717) is 73.0 Å². The predicted octanol–water partition coefficient (Wildman–Crippen LogP) is 7.55. The summed E-state index contributed by atoms with van der Waals surface area (Å²) in [5.74, 6) is 1.83. The van der Waals surface area contributed by atoms with E-state index in [-0.39, 0.29) is 24.2 Å². The molecular weight excluding hydrogens is 698 g/mol. The molecule has 4 aromatic carbocycles. The lowest BCUT2D eigenvalue weighted by molar-refractivity contribution is -0.0890. The fourth-order valence-corrected chi connectivity index (χ4v) is 8.86. The molecule has 0 radical (unpaired) electrons. The highest BCUT2D eigenvalue weighted by Gasteiger charge is 2.48. The van der Waals surface area contributed by atoms with Crippen LogP contribution in [0.2, 0.25) is 0 Å². The topological polar surface area (TPSA) is 139 Å². The number of phenolic OH excluding ortho intramolecular Hbond substituents is 2. The zero-order valence-electron chi connectivity index (χ0n) is 32.3. The van der Waals surface area contributed by atoms with Gasteiger partial charge in [-0.15, -0.1) is 0 Å². The predicted molar refractivity (Wildman–Crippen MR) is 210 cm³/mol. The highest BCUT2D eigenvalue weighted by molar-refractivity contribution is 5.72. The van der Waals surface area contributed by atoms with Gasteiger partial charge in [-0.05, 0) is 123 Å². The molecule has 2 heterocycles. The lowest BCUT2D eigenvalue weighted by atomic mass is 9.72. The van der Waals surface area contributed by atoms with Gasteiger partial charge in [-0.3, -0.25) is 0 Å². The maximum atomic E-state index is 12.5. The second-order valence-electron chi connectivity index (χ2n) is 15.2. The Kier molecular flexibility index (Phi) is 12.1. The Bertz CT molecular complexity index is 1960. The zero-order valence-corrected chi connectivity index (χ0v) is 32.3. The minimum atomic E-state index is -1.00. The number of fused-ring (bicyclic) bond motifs is 2. The van der Waals surface area contributed by atoms with Crippen molar-refractivity contribution in [2.45, 2.75) is 89.3 Å². The van der Waals surface area contributed by atoms with Crippen molar-refractivity contribution in [1.82, 2.24) is 5.32 Å². The van der Waals surface area contributed by atoms with Crippen molar-refractivity contribution < 1.29 is 44.1 Å². The first-order valence-electron chi connectivity index (χ1n) is 19.7. The van der Waals surface area contributed by atoms with Gasteiger partial charge in [0.1, 0.15) is 40.6 Å². The summed E-state index contributed by atoms with van der Waals surface area (Å²) in [5.41, 5.74) is 6.34. The summed E-state index contributed by atoms with van der Waals surface area (Å²) in [6.07, 6.45) is 4.21. The van der Waals surface area contributed by atoms with Crippen molar-refractivity contribution in [1.29, 1.82) is 0 Å². The Morgan fingerprint density at radius 1 is 0.873 bits per heavy atom. The summed E-state index contributed by atoms with van der Waals surface area (Å²) < 4.78 is 31.1. The van der Waals surface area contributed by atoms with E-state index < -0.39 is 30.1 Å². The Hall–Kier alpha value is -4.48. The smallest absolute Gasteiger partial charge is 0.128 e. The molecule has 7 rings (SSSR count). The number of methoxy groups -OCH3 is 2. The Labute approximate surface area is 324 Å². The van der Waals surface area contributed by atoms with Crippen LogP contribution in [-0.2, 0) is 24.1 Å². The van der Waals surface area contributed by atoms with Crippen LogP contribution in [0.15, 0.2) is 60.7 Å². The van der Waals surface area contributed by atoms with Crippen molar-refractivity contribution in [2.75, 3.05) is 34.5 Å². The first-order valence-corrected chi connectivity index (χ1v) is 19.7. The lowest BCUT2D eigenvalue weighted by Gasteiger charge is -2.45. The molecular formula is C45H55NO9. The van der Waals surface area contributed by atoms with Gasteiger partial charge >= 0.3 is 0 Å². The second-order valence-corrected chi connectivity index (χ2v) is 15.2. The second kappa shape index (κ2) is 17.1. The molecule has 5 atom stereocenters. The molecule has 1 fully saturated rings. The van der Waals surface area contributed by atoms with Gasteiger partial charge in [0.2, 0.25) is 0 Å². The minimum Gasteiger partial charge on any atom is -0.508 e. The Morgan fingerprint density at radius 2 is 1.69 bits per heavy atom. The molecule has 0 spiro atoms. The number of rotatable bonds is 14. The molecule has 0 bridgehead atoms. The minimum absolute atomic E-state index is 0.0806. The van der Waals surface area contributed by atoms with Gasteiger partial charge in [0, 0.05) is 60.8 Å². The van der Waals surface area contributed by atoms with Crippen molar-refractivity contribution in [3.8, 4) is 45.6 Å². The van der Waals surface area contributed by atoms with Crippen molar-refractivity contribution in [3.05, 3.63) is 94.0 Å². The highest BCUT2D eigenvalue weighted by atomic mass is 16.5. The van der Waals surface area contributed by atoms with E-state index in [1.165, 1.54) is 0 Å². The van der Waals surface area contributed by atoms with Crippen LogP contribution in [0.1, 0.15) is 91.0 Å². The SMILES string of the molecule is CCc1cc(-c2cccc(O)c2)c(Cc2cc(OC3CCCC3)cc3c2OC[C@H]([C@@H]2[C@@H](CCCOC)Oc4cc(CNC)c(OC)cc4[C@@H]2O)[C@@H]3O)cc1O. The van der Waals surface area contributed by atoms with E-state index in [4.69, 9.17) is 23.7 Å². The van der Waals surface area contributed by atoms with Gasteiger partial charge in [0.05, 0.1) is 32.0 Å². The third-order valence-corrected chi connectivity index (χ3v) is 11.6. The van der Waals surface area contributed by atoms with E-state index >= 15 is 0 Å². The molecule has 4 aromatic rings. The molecule has 2 aliphatic heterocycles. The van der Waals surface area contributed by atoms with E-state index in [0.717, 1.165) is 59.1 Å². The fourth-order valence-electron chi connectivity index (χ4n) is 8.86. The molecule has 10 heteroatoms.